The first-order valence-electron chi connectivity index (χ1n) is 7.14. The van der Waals surface area contributed by atoms with Gasteiger partial charge in [-0.3, -0.25) is 4.79 Å². The normalized spacial score (nSPS) is 17.8. The van der Waals surface area contributed by atoms with Crippen LogP contribution in [0.25, 0.3) is 0 Å². The fourth-order valence-electron chi connectivity index (χ4n) is 2.53. The van der Waals surface area contributed by atoms with Gasteiger partial charge in [0, 0.05) is 25.2 Å². The van der Waals surface area contributed by atoms with Crippen molar-refractivity contribution in [3.8, 4) is 0 Å². The SMILES string of the molecule is O=C(NCCCCC(F)(F)F)C1CCNc2ccccc21. The summed E-state index contributed by atoms with van der Waals surface area (Å²) in [5.74, 6) is -0.318. The van der Waals surface area contributed by atoms with Crippen LogP contribution in [0.5, 0.6) is 0 Å². The molecule has 3 nitrogen and oxygen atoms in total. The van der Waals surface area contributed by atoms with Gasteiger partial charge in [0.1, 0.15) is 0 Å². The van der Waals surface area contributed by atoms with Crippen LogP contribution in [0.1, 0.15) is 37.2 Å². The Labute approximate surface area is 121 Å². The highest BCUT2D eigenvalue weighted by molar-refractivity contribution is 5.86. The lowest BCUT2D eigenvalue weighted by Gasteiger charge is -2.25. The largest absolute Gasteiger partial charge is 0.389 e. The number of amides is 1. The van der Waals surface area contributed by atoms with Gasteiger partial charge in [0.2, 0.25) is 5.91 Å². The summed E-state index contributed by atoms with van der Waals surface area (Å²) in [5.41, 5.74) is 1.91. The number of anilines is 1. The van der Waals surface area contributed by atoms with Crippen molar-refractivity contribution in [3.63, 3.8) is 0 Å². The van der Waals surface area contributed by atoms with E-state index in [1.165, 1.54) is 0 Å². The molecule has 0 fully saturated rings. The van der Waals surface area contributed by atoms with Gasteiger partial charge in [-0.05, 0) is 30.9 Å². The quantitative estimate of drug-likeness (QED) is 0.818. The fourth-order valence-corrected chi connectivity index (χ4v) is 2.53. The summed E-state index contributed by atoms with van der Waals surface area (Å²) in [4.78, 5) is 12.2. The van der Waals surface area contributed by atoms with Crippen molar-refractivity contribution in [1.82, 2.24) is 5.32 Å². The molecule has 1 atom stereocenters. The van der Waals surface area contributed by atoms with E-state index in [-0.39, 0.29) is 18.2 Å². The lowest BCUT2D eigenvalue weighted by atomic mass is 9.90. The van der Waals surface area contributed by atoms with E-state index in [0.717, 1.165) is 17.8 Å². The first-order valence-corrected chi connectivity index (χ1v) is 7.14. The lowest BCUT2D eigenvalue weighted by molar-refractivity contribution is -0.135. The number of halogens is 3. The average Bonchev–Trinajstić information content (AvgIpc) is 2.45. The van der Waals surface area contributed by atoms with E-state index in [0.29, 0.717) is 19.4 Å². The molecule has 0 aliphatic carbocycles. The zero-order chi connectivity index (χ0) is 15.3. The van der Waals surface area contributed by atoms with Gasteiger partial charge in [-0.15, -0.1) is 0 Å². The Bertz CT molecular complexity index is 488. The first kappa shape index (κ1) is 15.7. The molecule has 21 heavy (non-hydrogen) atoms. The maximum absolute atomic E-state index is 12.2. The van der Waals surface area contributed by atoms with Gasteiger partial charge in [0.25, 0.3) is 0 Å². The molecular weight excluding hydrogens is 281 g/mol. The molecule has 1 heterocycles. The fraction of sp³-hybridized carbons (Fsp3) is 0.533. The maximum Gasteiger partial charge on any atom is 0.389 e. The molecule has 1 aliphatic rings. The van der Waals surface area contributed by atoms with Crippen molar-refractivity contribution < 1.29 is 18.0 Å². The first-order chi connectivity index (χ1) is 9.97. The van der Waals surface area contributed by atoms with Crippen LogP contribution in [0, 0.1) is 0 Å². The van der Waals surface area contributed by atoms with Crippen LogP contribution in [0.2, 0.25) is 0 Å². The van der Waals surface area contributed by atoms with Crippen LogP contribution in [0.15, 0.2) is 24.3 Å². The van der Waals surface area contributed by atoms with Gasteiger partial charge in [-0.25, -0.2) is 0 Å². The standard InChI is InChI=1S/C15H19F3N2O/c16-15(17,18)8-3-4-9-20-14(21)12-7-10-19-13-6-2-1-5-11(12)13/h1-2,5-6,12,19H,3-4,7-10H2,(H,20,21). The second-order valence-corrected chi connectivity index (χ2v) is 5.22. The average molecular weight is 300 g/mol. The Morgan fingerprint density at radius 1 is 1.29 bits per heavy atom. The number of para-hydroxylation sites is 1. The predicted octanol–water partition coefficient (Wildman–Crippen LogP) is 3.43. The molecule has 1 unspecified atom stereocenters. The third-order valence-corrected chi connectivity index (χ3v) is 3.59. The minimum absolute atomic E-state index is 0.0482. The van der Waals surface area contributed by atoms with Crippen LogP contribution in [-0.2, 0) is 4.79 Å². The number of alkyl halides is 3. The molecule has 1 aromatic rings. The monoisotopic (exact) mass is 300 g/mol. The van der Waals surface area contributed by atoms with Gasteiger partial charge in [0.05, 0.1) is 5.92 Å². The van der Waals surface area contributed by atoms with Crippen molar-refractivity contribution in [2.24, 2.45) is 0 Å². The topological polar surface area (TPSA) is 41.1 Å². The van der Waals surface area contributed by atoms with Gasteiger partial charge in [0.15, 0.2) is 0 Å². The molecule has 1 aromatic carbocycles. The third-order valence-electron chi connectivity index (χ3n) is 3.59. The van der Waals surface area contributed by atoms with Gasteiger partial charge < -0.3 is 10.6 Å². The summed E-state index contributed by atoms with van der Waals surface area (Å²) < 4.78 is 36.0. The third kappa shape index (κ3) is 4.65. The number of fused-ring (bicyclic) bond motifs is 1. The molecule has 116 valence electrons. The molecule has 1 aliphatic heterocycles. The summed E-state index contributed by atoms with van der Waals surface area (Å²) in [7, 11) is 0. The molecule has 6 heteroatoms. The zero-order valence-corrected chi connectivity index (χ0v) is 11.7. The Hall–Kier alpha value is -1.72. The summed E-state index contributed by atoms with van der Waals surface area (Å²) >= 11 is 0. The van der Waals surface area contributed by atoms with Gasteiger partial charge in [-0.2, -0.15) is 13.2 Å². The lowest BCUT2D eigenvalue weighted by Crippen LogP contribution is -2.33. The minimum Gasteiger partial charge on any atom is -0.385 e. The number of nitrogens with one attached hydrogen (secondary N) is 2. The number of benzene rings is 1. The number of rotatable bonds is 5. The van der Waals surface area contributed by atoms with E-state index < -0.39 is 12.6 Å². The maximum atomic E-state index is 12.2. The molecule has 2 N–H and O–H groups in total. The number of hydrogen-bond acceptors (Lipinski definition) is 2. The van der Waals surface area contributed by atoms with Crippen molar-refractivity contribution in [2.75, 3.05) is 18.4 Å². The Morgan fingerprint density at radius 2 is 2.05 bits per heavy atom. The molecule has 0 saturated carbocycles. The number of unbranched alkanes of at least 4 members (excludes halogenated alkanes) is 1. The smallest absolute Gasteiger partial charge is 0.385 e. The zero-order valence-electron chi connectivity index (χ0n) is 11.7. The second-order valence-electron chi connectivity index (χ2n) is 5.22. The van der Waals surface area contributed by atoms with Crippen LogP contribution in [0.4, 0.5) is 18.9 Å². The van der Waals surface area contributed by atoms with Crippen LogP contribution in [-0.4, -0.2) is 25.2 Å². The molecule has 2 rings (SSSR count). The molecule has 0 saturated heterocycles. The highest BCUT2D eigenvalue weighted by Gasteiger charge is 2.27. The van der Waals surface area contributed by atoms with Crippen LogP contribution < -0.4 is 10.6 Å². The Balaban J connectivity index is 1.80. The molecule has 1 amide bonds. The van der Waals surface area contributed by atoms with Gasteiger partial charge in [-0.1, -0.05) is 18.2 Å². The van der Waals surface area contributed by atoms with E-state index in [4.69, 9.17) is 0 Å². The van der Waals surface area contributed by atoms with E-state index >= 15 is 0 Å². The molecule has 0 spiro atoms. The van der Waals surface area contributed by atoms with E-state index in [1.54, 1.807) is 0 Å². The van der Waals surface area contributed by atoms with Crippen molar-refractivity contribution in [2.45, 2.75) is 37.8 Å². The second kappa shape index (κ2) is 6.83. The molecule has 0 radical (unpaired) electrons. The summed E-state index contributed by atoms with van der Waals surface area (Å²) in [5, 5.41) is 5.98. The molecule has 0 aromatic heterocycles. The van der Waals surface area contributed by atoms with Crippen LogP contribution in [0.3, 0.4) is 0 Å². The number of carbonyl (C=O) groups excluding carboxylic acids is 1. The van der Waals surface area contributed by atoms with E-state index in [9.17, 15) is 18.0 Å². The van der Waals surface area contributed by atoms with Crippen LogP contribution >= 0.6 is 0 Å². The molecule has 0 bridgehead atoms. The summed E-state index contributed by atoms with van der Waals surface area (Å²) in [6.45, 7) is 1.02. The highest BCUT2D eigenvalue weighted by Crippen LogP contribution is 2.31. The van der Waals surface area contributed by atoms with Crippen molar-refractivity contribution >= 4 is 11.6 Å². The number of carbonyl (C=O) groups is 1. The highest BCUT2D eigenvalue weighted by atomic mass is 19.4. The van der Waals surface area contributed by atoms with E-state index in [1.807, 2.05) is 24.3 Å². The summed E-state index contributed by atoms with van der Waals surface area (Å²) in [6, 6.07) is 7.63. The van der Waals surface area contributed by atoms with Crippen molar-refractivity contribution in [3.05, 3.63) is 29.8 Å². The Kier molecular flexibility index (Phi) is 5.09. The van der Waals surface area contributed by atoms with Gasteiger partial charge >= 0.3 is 6.18 Å². The predicted molar refractivity (Wildman–Crippen MR) is 75.2 cm³/mol. The summed E-state index contributed by atoms with van der Waals surface area (Å²) in [6.07, 6.45) is -3.81. The minimum atomic E-state index is -4.11. The van der Waals surface area contributed by atoms with E-state index in [2.05, 4.69) is 10.6 Å². The molecular formula is C15H19F3N2O. The number of hydrogen-bond donors (Lipinski definition) is 2. The van der Waals surface area contributed by atoms with Crippen molar-refractivity contribution in [1.29, 1.82) is 0 Å². The Morgan fingerprint density at radius 3 is 2.81 bits per heavy atom.